The van der Waals surface area contributed by atoms with Crippen LogP contribution in [0.5, 0.6) is 0 Å². The summed E-state index contributed by atoms with van der Waals surface area (Å²) in [6.45, 7) is 5.30. The SMILES string of the molecule is CC(C)(C)OC(=O)n1ccc(NC(=O)/C(=C/[C@H]2CCC3(C2)O[C@H](c2ccccc2)[C@@H](c2ccccc2)O3)c2ccc(S(=O)(=O)C3CC3)c(C3CC3)c2)n1. The molecule has 0 radical (unpaired) electrons. The van der Waals surface area contributed by atoms with Gasteiger partial charge in [-0.1, -0.05) is 72.8 Å². The van der Waals surface area contributed by atoms with Crippen molar-refractivity contribution in [1.29, 1.82) is 0 Å². The minimum atomic E-state index is -3.43. The van der Waals surface area contributed by atoms with Gasteiger partial charge in [-0.15, -0.1) is 5.10 Å². The van der Waals surface area contributed by atoms with Crippen LogP contribution in [0.15, 0.2) is 102 Å². The number of rotatable bonds is 9. The summed E-state index contributed by atoms with van der Waals surface area (Å²) < 4.78 is 47.1. The minimum absolute atomic E-state index is 0.0831. The molecule has 1 spiro atoms. The second-order valence-corrected chi connectivity index (χ2v) is 17.9. The number of hydrogen-bond donors (Lipinski definition) is 1. The van der Waals surface area contributed by atoms with Gasteiger partial charge in [0.2, 0.25) is 0 Å². The predicted molar refractivity (Wildman–Crippen MR) is 200 cm³/mol. The van der Waals surface area contributed by atoms with Crippen molar-refractivity contribution in [3.8, 4) is 0 Å². The number of anilines is 1. The smallest absolute Gasteiger partial charge is 0.435 e. The molecule has 53 heavy (non-hydrogen) atoms. The monoisotopic (exact) mass is 735 g/mol. The highest BCUT2D eigenvalue weighted by molar-refractivity contribution is 7.92. The summed E-state index contributed by atoms with van der Waals surface area (Å²) in [5.41, 5.74) is 3.17. The van der Waals surface area contributed by atoms with Crippen LogP contribution in [0.3, 0.4) is 0 Å². The number of allylic oxidation sites excluding steroid dienone is 1. The number of aromatic nitrogens is 2. The summed E-state index contributed by atoms with van der Waals surface area (Å²) in [6, 6.07) is 27.1. The molecule has 1 aromatic heterocycles. The number of carbonyl (C=O) groups is 2. The topological polar surface area (TPSA) is 126 Å². The van der Waals surface area contributed by atoms with Gasteiger partial charge < -0.3 is 19.5 Å². The zero-order chi connectivity index (χ0) is 37.0. The molecule has 4 aromatic rings. The van der Waals surface area contributed by atoms with Crippen molar-refractivity contribution >= 4 is 33.2 Å². The zero-order valence-corrected chi connectivity index (χ0v) is 31.1. The molecular weight excluding hydrogens is 691 g/mol. The van der Waals surface area contributed by atoms with Gasteiger partial charge in [0.05, 0.1) is 10.1 Å². The van der Waals surface area contributed by atoms with E-state index in [9.17, 15) is 18.0 Å². The molecule has 4 fully saturated rings. The zero-order valence-electron chi connectivity index (χ0n) is 30.2. The van der Waals surface area contributed by atoms with Crippen LogP contribution in [-0.4, -0.2) is 46.8 Å². The molecule has 276 valence electrons. The Morgan fingerprint density at radius 1 is 0.887 bits per heavy atom. The van der Waals surface area contributed by atoms with Gasteiger partial charge in [0.15, 0.2) is 21.4 Å². The molecule has 8 rings (SSSR count). The molecule has 1 aliphatic heterocycles. The molecule has 0 unspecified atom stereocenters. The lowest BCUT2D eigenvalue weighted by Gasteiger charge is -2.23. The number of hydrogen-bond acceptors (Lipinski definition) is 8. The van der Waals surface area contributed by atoms with E-state index >= 15 is 0 Å². The summed E-state index contributed by atoms with van der Waals surface area (Å²) in [7, 11) is -3.43. The van der Waals surface area contributed by atoms with Gasteiger partial charge in [-0.2, -0.15) is 4.68 Å². The maximum Gasteiger partial charge on any atom is 0.435 e. The van der Waals surface area contributed by atoms with Gasteiger partial charge in [0.25, 0.3) is 5.91 Å². The number of amides is 1. The van der Waals surface area contributed by atoms with Crippen LogP contribution in [-0.2, 0) is 28.8 Å². The number of ether oxygens (including phenoxy) is 3. The van der Waals surface area contributed by atoms with Crippen LogP contribution in [0.2, 0.25) is 0 Å². The van der Waals surface area contributed by atoms with Gasteiger partial charge in [-0.3, -0.25) is 4.79 Å². The Hall–Kier alpha value is -4.58. The first-order valence-corrected chi connectivity index (χ1v) is 20.1. The third kappa shape index (κ3) is 7.60. The number of nitrogens with zero attached hydrogens (tertiary/aromatic N) is 2. The largest absolute Gasteiger partial charge is 0.442 e. The number of sulfone groups is 1. The highest BCUT2D eigenvalue weighted by Gasteiger charge is 2.52. The Morgan fingerprint density at radius 2 is 1.53 bits per heavy atom. The quantitative estimate of drug-likeness (QED) is 0.170. The van der Waals surface area contributed by atoms with Crippen LogP contribution < -0.4 is 5.32 Å². The van der Waals surface area contributed by atoms with E-state index in [1.165, 1.54) is 6.20 Å². The average Bonchev–Trinajstić information content (AvgIpc) is 4.06. The van der Waals surface area contributed by atoms with E-state index < -0.39 is 33.2 Å². The van der Waals surface area contributed by atoms with E-state index in [0.717, 1.165) is 40.6 Å². The standard InChI is InChI=1S/C42H45N3O7S/c1-41(2,3)52-40(47)45-23-21-36(44-45)43-39(46)34(31-16-19-35(33(25-31)28-14-15-28)53(48,49)32-17-18-32)24-27-20-22-42(26-27)50-37(29-10-6-4-7-11-29)38(51-42)30-12-8-5-9-13-30/h4-13,16,19,21,23-25,27-28,32,37-38H,14-15,17-18,20,22,26H2,1-3H3,(H,43,44,46)/b34-24+/t27-,37-,38-/m1/s1. The van der Waals surface area contributed by atoms with Crippen LogP contribution >= 0.6 is 0 Å². The molecule has 3 saturated carbocycles. The second kappa shape index (κ2) is 13.7. The van der Waals surface area contributed by atoms with Gasteiger partial charge in [0, 0.05) is 30.7 Å². The predicted octanol–water partition coefficient (Wildman–Crippen LogP) is 8.53. The third-order valence-electron chi connectivity index (χ3n) is 10.3. The van der Waals surface area contributed by atoms with E-state index in [1.54, 1.807) is 39.0 Å². The number of benzene rings is 3. The summed E-state index contributed by atoms with van der Waals surface area (Å²) in [6.07, 6.45) is 7.23. The van der Waals surface area contributed by atoms with E-state index in [2.05, 4.69) is 34.7 Å². The fourth-order valence-corrected chi connectivity index (χ4v) is 9.45. The lowest BCUT2D eigenvalue weighted by atomic mass is 9.95. The molecule has 3 aliphatic carbocycles. The molecule has 3 aromatic carbocycles. The van der Waals surface area contributed by atoms with Crippen LogP contribution in [0, 0.1) is 5.92 Å². The van der Waals surface area contributed by atoms with Crippen molar-refractivity contribution in [1.82, 2.24) is 9.78 Å². The van der Waals surface area contributed by atoms with Gasteiger partial charge in [0.1, 0.15) is 17.8 Å². The van der Waals surface area contributed by atoms with Crippen LogP contribution in [0.1, 0.15) is 106 Å². The average molecular weight is 736 g/mol. The second-order valence-electron chi connectivity index (χ2n) is 15.7. The fourth-order valence-electron chi connectivity index (χ4n) is 7.52. The van der Waals surface area contributed by atoms with Crippen molar-refractivity contribution in [2.24, 2.45) is 5.92 Å². The van der Waals surface area contributed by atoms with Crippen molar-refractivity contribution in [2.45, 2.75) is 105 Å². The number of nitrogens with one attached hydrogen (secondary N) is 1. The van der Waals surface area contributed by atoms with Crippen LogP contribution in [0.4, 0.5) is 10.6 Å². The normalized spacial score (nSPS) is 22.9. The maximum absolute atomic E-state index is 14.3. The van der Waals surface area contributed by atoms with Crippen LogP contribution in [0.25, 0.3) is 5.57 Å². The molecule has 1 N–H and O–H groups in total. The highest BCUT2D eigenvalue weighted by atomic mass is 32.2. The van der Waals surface area contributed by atoms with Crippen molar-refractivity contribution in [3.63, 3.8) is 0 Å². The van der Waals surface area contributed by atoms with Gasteiger partial charge >= 0.3 is 6.09 Å². The molecule has 2 heterocycles. The Morgan fingerprint density at radius 3 is 2.11 bits per heavy atom. The molecular formula is C42H45N3O7S. The first-order chi connectivity index (χ1) is 25.4. The van der Waals surface area contributed by atoms with E-state index in [0.29, 0.717) is 41.7 Å². The minimum Gasteiger partial charge on any atom is -0.442 e. The highest BCUT2D eigenvalue weighted by Crippen LogP contribution is 2.55. The summed E-state index contributed by atoms with van der Waals surface area (Å²) in [5, 5.41) is 6.82. The molecule has 10 nitrogen and oxygen atoms in total. The fraction of sp³-hybridized carbons (Fsp3) is 0.405. The molecule has 1 saturated heterocycles. The van der Waals surface area contributed by atoms with Crippen molar-refractivity contribution in [3.05, 3.63) is 119 Å². The third-order valence-corrected chi connectivity index (χ3v) is 12.7. The molecule has 1 amide bonds. The lowest BCUT2D eigenvalue weighted by Crippen LogP contribution is -2.27. The van der Waals surface area contributed by atoms with Crippen molar-refractivity contribution in [2.75, 3.05) is 5.32 Å². The Kier molecular flexibility index (Phi) is 9.15. The van der Waals surface area contributed by atoms with Gasteiger partial charge in [-0.05, 0) is 99.1 Å². The summed E-state index contributed by atoms with van der Waals surface area (Å²) in [4.78, 5) is 27.3. The number of carbonyl (C=O) groups excluding carboxylic acids is 2. The Bertz CT molecular complexity index is 2100. The first kappa shape index (κ1) is 35.4. The van der Waals surface area contributed by atoms with E-state index in [4.69, 9.17) is 14.2 Å². The first-order valence-electron chi connectivity index (χ1n) is 18.5. The van der Waals surface area contributed by atoms with E-state index in [1.807, 2.05) is 48.5 Å². The molecule has 4 aliphatic rings. The molecule has 0 bridgehead atoms. The summed E-state index contributed by atoms with van der Waals surface area (Å²) in [5.74, 6) is -1.02. The van der Waals surface area contributed by atoms with Gasteiger partial charge in [-0.25, -0.2) is 13.2 Å². The lowest BCUT2D eigenvalue weighted by molar-refractivity contribution is -0.172. The Balaban J connectivity index is 1.11. The summed E-state index contributed by atoms with van der Waals surface area (Å²) >= 11 is 0. The maximum atomic E-state index is 14.3. The Labute approximate surface area is 310 Å². The molecule has 3 atom stereocenters. The molecule has 11 heteroatoms. The van der Waals surface area contributed by atoms with Crippen molar-refractivity contribution < 1.29 is 32.2 Å². The van der Waals surface area contributed by atoms with E-state index in [-0.39, 0.29) is 35.1 Å².